The number of rotatable bonds is 7. The van der Waals surface area contributed by atoms with E-state index in [0.717, 1.165) is 5.56 Å². The van der Waals surface area contributed by atoms with Crippen molar-refractivity contribution in [3.8, 4) is 11.4 Å². The van der Waals surface area contributed by atoms with Gasteiger partial charge >= 0.3 is 0 Å². The van der Waals surface area contributed by atoms with Gasteiger partial charge in [0.05, 0.1) is 0 Å². The lowest BCUT2D eigenvalue weighted by molar-refractivity contribution is 0.100. The Morgan fingerprint density at radius 1 is 1.10 bits per heavy atom. The lowest BCUT2D eigenvalue weighted by Crippen LogP contribution is -2.43. The Balaban J connectivity index is 1.95. The molecule has 9 nitrogen and oxygen atoms in total. The van der Waals surface area contributed by atoms with Gasteiger partial charge in [0.25, 0.3) is 5.91 Å². The number of aromatic nitrogens is 4. The molecule has 1 aromatic carbocycles. The third-order valence-corrected chi connectivity index (χ3v) is 4.63. The van der Waals surface area contributed by atoms with E-state index in [9.17, 15) is 4.79 Å². The number of carbonyl (C=O) groups is 1. The summed E-state index contributed by atoms with van der Waals surface area (Å²) in [5.41, 5.74) is 7.18. The highest BCUT2D eigenvalue weighted by Crippen LogP contribution is 2.24. The normalized spacial score (nSPS) is 11.9. The Kier molecular flexibility index (Phi) is 5.99. The highest BCUT2D eigenvalue weighted by atomic mass is 16.1. The van der Waals surface area contributed by atoms with Crippen LogP contribution >= 0.6 is 0 Å². The first kappa shape index (κ1) is 20.2. The molecule has 0 bridgehead atoms. The summed E-state index contributed by atoms with van der Waals surface area (Å²) >= 11 is 0. The molecular formula is C20H24N8O. The van der Waals surface area contributed by atoms with E-state index in [-0.39, 0.29) is 17.4 Å². The van der Waals surface area contributed by atoms with Crippen molar-refractivity contribution >= 4 is 23.4 Å². The first-order valence-electron chi connectivity index (χ1n) is 9.22. The molecule has 1 atom stereocenters. The molecular weight excluding hydrogens is 368 g/mol. The predicted octanol–water partition coefficient (Wildman–Crippen LogP) is 2.50. The number of amides is 1. The molecule has 0 saturated carbocycles. The molecule has 2 aromatic heterocycles. The Hall–Kier alpha value is -3.59. The Morgan fingerprint density at radius 3 is 2.48 bits per heavy atom. The van der Waals surface area contributed by atoms with Gasteiger partial charge in [0, 0.05) is 35.9 Å². The fourth-order valence-corrected chi connectivity index (χ4v) is 2.60. The summed E-state index contributed by atoms with van der Waals surface area (Å²) in [6.45, 7) is 6.09. The molecule has 5 N–H and O–H groups in total. The second kappa shape index (κ2) is 8.61. The second-order valence-corrected chi connectivity index (χ2v) is 6.97. The third-order valence-electron chi connectivity index (χ3n) is 4.63. The van der Waals surface area contributed by atoms with Gasteiger partial charge in [0.1, 0.15) is 11.4 Å². The number of nitrogens with one attached hydrogen (secondary N) is 1. The van der Waals surface area contributed by atoms with Crippen molar-refractivity contribution in [2.24, 2.45) is 17.5 Å². The number of hydrazine groups is 1. The van der Waals surface area contributed by atoms with Crippen LogP contribution in [0, 0.1) is 5.92 Å². The minimum absolute atomic E-state index is 0.000773. The van der Waals surface area contributed by atoms with E-state index in [1.165, 1.54) is 11.2 Å². The van der Waals surface area contributed by atoms with Crippen LogP contribution in [-0.4, -0.2) is 31.9 Å². The van der Waals surface area contributed by atoms with Crippen molar-refractivity contribution in [3.05, 3.63) is 54.5 Å². The van der Waals surface area contributed by atoms with Crippen LogP contribution in [-0.2, 0) is 0 Å². The van der Waals surface area contributed by atoms with Crippen molar-refractivity contribution in [2.75, 3.05) is 10.3 Å². The summed E-state index contributed by atoms with van der Waals surface area (Å²) in [4.78, 5) is 29.0. The zero-order valence-electron chi connectivity index (χ0n) is 16.6. The lowest BCUT2D eigenvalue weighted by atomic mass is 10.1. The number of nitrogens with zero attached hydrogens (tertiary/aromatic N) is 5. The summed E-state index contributed by atoms with van der Waals surface area (Å²) in [7, 11) is 0. The van der Waals surface area contributed by atoms with Gasteiger partial charge in [0.15, 0.2) is 5.82 Å². The smallest absolute Gasteiger partial charge is 0.254 e. The van der Waals surface area contributed by atoms with Gasteiger partial charge in [-0.1, -0.05) is 26.0 Å². The van der Waals surface area contributed by atoms with E-state index in [4.69, 9.17) is 11.6 Å². The van der Waals surface area contributed by atoms with Crippen molar-refractivity contribution < 1.29 is 4.79 Å². The maximum Gasteiger partial charge on any atom is 0.254 e. The number of hydrogen-bond acceptors (Lipinski definition) is 8. The van der Waals surface area contributed by atoms with E-state index in [0.29, 0.717) is 23.4 Å². The fourth-order valence-electron chi connectivity index (χ4n) is 2.60. The van der Waals surface area contributed by atoms with Crippen LogP contribution < -0.4 is 21.9 Å². The van der Waals surface area contributed by atoms with E-state index in [1.807, 2.05) is 31.2 Å². The number of anilines is 3. The number of primary amides is 1. The SMILES string of the molecule is CC(C)[C@@H](C)N(N)c1ncc(C(N)=O)c(Nc2cccc(-c3ncccn3)c2)n1. The first-order valence-corrected chi connectivity index (χ1v) is 9.22. The van der Waals surface area contributed by atoms with Crippen LogP contribution in [0.15, 0.2) is 48.9 Å². The average molecular weight is 392 g/mol. The van der Waals surface area contributed by atoms with Gasteiger partial charge in [0.2, 0.25) is 5.95 Å². The van der Waals surface area contributed by atoms with Crippen LogP contribution in [0.1, 0.15) is 31.1 Å². The van der Waals surface area contributed by atoms with Crippen molar-refractivity contribution in [3.63, 3.8) is 0 Å². The molecule has 0 spiro atoms. The van der Waals surface area contributed by atoms with Gasteiger partial charge < -0.3 is 11.1 Å². The van der Waals surface area contributed by atoms with Crippen LogP contribution in [0.4, 0.5) is 17.5 Å². The monoisotopic (exact) mass is 392 g/mol. The molecule has 0 fully saturated rings. The first-order chi connectivity index (χ1) is 13.9. The third kappa shape index (κ3) is 4.64. The van der Waals surface area contributed by atoms with Crippen molar-refractivity contribution in [1.29, 1.82) is 0 Å². The molecule has 2 heterocycles. The van der Waals surface area contributed by atoms with E-state index < -0.39 is 5.91 Å². The maximum absolute atomic E-state index is 11.9. The molecule has 0 unspecified atom stereocenters. The van der Waals surface area contributed by atoms with Crippen LogP contribution in [0.25, 0.3) is 11.4 Å². The molecule has 1 amide bonds. The van der Waals surface area contributed by atoms with E-state index in [1.54, 1.807) is 18.5 Å². The molecule has 0 aliphatic rings. The molecule has 29 heavy (non-hydrogen) atoms. The largest absolute Gasteiger partial charge is 0.365 e. The Labute approximate surface area is 169 Å². The zero-order chi connectivity index (χ0) is 21.0. The van der Waals surface area contributed by atoms with E-state index in [2.05, 4.69) is 39.1 Å². The average Bonchev–Trinajstić information content (AvgIpc) is 2.73. The lowest BCUT2D eigenvalue weighted by Gasteiger charge is -2.27. The number of nitrogens with two attached hydrogens (primary N) is 2. The predicted molar refractivity (Wildman–Crippen MR) is 112 cm³/mol. The molecule has 9 heteroatoms. The van der Waals surface area contributed by atoms with Gasteiger partial charge in [-0.25, -0.2) is 20.8 Å². The number of hydrogen-bond donors (Lipinski definition) is 3. The zero-order valence-corrected chi connectivity index (χ0v) is 16.6. The summed E-state index contributed by atoms with van der Waals surface area (Å²) in [6.07, 6.45) is 4.73. The molecule has 0 aliphatic heterocycles. The van der Waals surface area contributed by atoms with Crippen molar-refractivity contribution in [2.45, 2.75) is 26.8 Å². The highest BCUT2D eigenvalue weighted by molar-refractivity contribution is 5.98. The topological polar surface area (TPSA) is 136 Å². The summed E-state index contributed by atoms with van der Waals surface area (Å²) < 4.78 is 0. The highest BCUT2D eigenvalue weighted by Gasteiger charge is 2.20. The number of carbonyl (C=O) groups excluding carboxylic acids is 1. The second-order valence-electron chi connectivity index (χ2n) is 6.97. The minimum Gasteiger partial charge on any atom is -0.365 e. The molecule has 3 rings (SSSR count). The fraction of sp³-hybridized carbons (Fsp3) is 0.250. The quantitative estimate of drug-likeness (QED) is 0.412. The Morgan fingerprint density at radius 2 is 1.83 bits per heavy atom. The molecule has 0 radical (unpaired) electrons. The van der Waals surface area contributed by atoms with Gasteiger partial charge in [-0.3, -0.25) is 9.80 Å². The number of benzene rings is 1. The van der Waals surface area contributed by atoms with Crippen LogP contribution in [0.5, 0.6) is 0 Å². The molecule has 3 aromatic rings. The minimum atomic E-state index is -0.637. The standard InChI is InChI=1S/C20H24N8O/c1-12(2)13(3)28(22)20-25-11-16(17(21)29)19(27-20)26-15-7-4-6-14(10-15)18-23-8-5-9-24-18/h4-13H,22H2,1-3H3,(H2,21,29)(H,25,26,27)/t13-/m1/s1. The van der Waals surface area contributed by atoms with Crippen LogP contribution in [0.3, 0.4) is 0 Å². The van der Waals surface area contributed by atoms with Crippen LogP contribution in [0.2, 0.25) is 0 Å². The summed E-state index contributed by atoms with van der Waals surface area (Å²) in [5.74, 6) is 6.99. The summed E-state index contributed by atoms with van der Waals surface area (Å²) in [6, 6.07) is 9.21. The molecule has 0 saturated heterocycles. The molecule has 0 aliphatic carbocycles. The Bertz CT molecular complexity index is 993. The van der Waals surface area contributed by atoms with Gasteiger partial charge in [-0.2, -0.15) is 4.98 Å². The summed E-state index contributed by atoms with van der Waals surface area (Å²) in [5, 5.41) is 4.62. The van der Waals surface area contributed by atoms with Gasteiger partial charge in [-0.15, -0.1) is 0 Å². The maximum atomic E-state index is 11.9. The van der Waals surface area contributed by atoms with E-state index >= 15 is 0 Å². The van der Waals surface area contributed by atoms with Gasteiger partial charge in [-0.05, 0) is 31.0 Å². The molecule has 150 valence electrons. The van der Waals surface area contributed by atoms with Crippen molar-refractivity contribution in [1.82, 2.24) is 19.9 Å².